The van der Waals surface area contributed by atoms with Crippen LogP contribution in [0, 0.1) is 5.92 Å². The average molecular weight is 287 g/mol. The Hall–Kier alpha value is -1.46. The summed E-state index contributed by atoms with van der Waals surface area (Å²) in [6.07, 6.45) is 6.04. The molecule has 5 heteroatoms. The van der Waals surface area contributed by atoms with Crippen LogP contribution in [0.1, 0.15) is 22.5 Å². The first-order valence-electron chi connectivity index (χ1n) is 7.16. The summed E-state index contributed by atoms with van der Waals surface area (Å²) in [7, 11) is 0. The first-order chi connectivity index (χ1) is 9.79. The standard InChI is InChI=1S/C15H17N3OS/c19-15(13-7-11-1-4-16-8-14(11)20-13)17-12-9-18-5-2-10(12)3-6-18/h1,4,7-8,10,12H,2-3,5-6,9H2,(H,17,19)/t12-/m0/s1. The predicted octanol–water partition coefficient (Wildman–Crippen LogP) is 2.12. The summed E-state index contributed by atoms with van der Waals surface area (Å²) in [5, 5.41) is 4.34. The summed E-state index contributed by atoms with van der Waals surface area (Å²) in [6, 6.07) is 4.25. The molecule has 0 aromatic carbocycles. The highest BCUT2D eigenvalue weighted by Crippen LogP contribution is 2.29. The van der Waals surface area contributed by atoms with E-state index in [4.69, 9.17) is 0 Å². The number of carbonyl (C=O) groups excluding carboxylic acids is 1. The molecule has 1 N–H and O–H groups in total. The Labute approximate surface area is 121 Å². The molecule has 1 amide bonds. The Kier molecular flexibility index (Phi) is 2.97. The molecule has 0 saturated carbocycles. The minimum atomic E-state index is 0.0740. The first-order valence-corrected chi connectivity index (χ1v) is 7.98. The number of hydrogen-bond acceptors (Lipinski definition) is 4. The number of fused-ring (bicyclic) bond motifs is 4. The lowest BCUT2D eigenvalue weighted by molar-refractivity contribution is 0.0622. The summed E-state index contributed by atoms with van der Waals surface area (Å²) < 4.78 is 1.08. The minimum absolute atomic E-state index is 0.0740. The van der Waals surface area contributed by atoms with Crippen molar-refractivity contribution in [2.75, 3.05) is 19.6 Å². The van der Waals surface area contributed by atoms with Gasteiger partial charge in [0.1, 0.15) is 0 Å². The molecule has 5 heterocycles. The van der Waals surface area contributed by atoms with Crippen LogP contribution in [0.25, 0.3) is 10.1 Å². The molecule has 3 aliphatic heterocycles. The van der Waals surface area contributed by atoms with Crippen molar-refractivity contribution in [2.24, 2.45) is 5.92 Å². The van der Waals surface area contributed by atoms with Gasteiger partial charge >= 0.3 is 0 Å². The van der Waals surface area contributed by atoms with E-state index in [0.717, 1.165) is 21.5 Å². The van der Waals surface area contributed by atoms with E-state index in [1.54, 1.807) is 6.20 Å². The number of carbonyl (C=O) groups is 1. The maximum absolute atomic E-state index is 12.4. The molecule has 3 saturated heterocycles. The zero-order valence-electron chi connectivity index (χ0n) is 11.2. The van der Waals surface area contributed by atoms with Crippen molar-refractivity contribution in [1.82, 2.24) is 15.2 Å². The number of amides is 1. The molecule has 4 nitrogen and oxygen atoms in total. The number of thiophene rings is 1. The molecule has 3 fully saturated rings. The molecule has 5 rings (SSSR count). The second-order valence-corrected chi connectivity index (χ2v) is 6.83. The van der Waals surface area contributed by atoms with Gasteiger partial charge in [0.05, 0.1) is 9.58 Å². The van der Waals surface area contributed by atoms with Crippen LogP contribution in [0.5, 0.6) is 0 Å². The van der Waals surface area contributed by atoms with Crippen LogP contribution < -0.4 is 5.32 Å². The summed E-state index contributed by atoms with van der Waals surface area (Å²) >= 11 is 1.53. The van der Waals surface area contributed by atoms with Gasteiger partial charge in [-0.1, -0.05) is 0 Å². The number of piperidine rings is 3. The van der Waals surface area contributed by atoms with Crippen LogP contribution in [0.3, 0.4) is 0 Å². The van der Waals surface area contributed by atoms with Gasteiger partial charge < -0.3 is 10.2 Å². The van der Waals surface area contributed by atoms with Gasteiger partial charge in [-0.2, -0.15) is 0 Å². The molecule has 3 aliphatic rings. The Morgan fingerprint density at radius 2 is 2.25 bits per heavy atom. The Balaban J connectivity index is 1.52. The highest BCUT2D eigenvalue weighted by Gasteiger charge is 2.35. The van der Waals surface area contributed by atoms with E-state index >= 15 is 0 Å². The van der Waals surface area contributed by atoms with Gasteiger partial charge in [-0.05, 0) is 49.4 Å². The molecule has 104 valence electrons. The molecule has 2 aromatic rings. The molecular formula is C15H17N3OS. The highest BCUT2D eigenvalue weighted by molar-refractivity contribution is 7.20. The van der Waals surface area contributed by atoms with Crippen molar-refractivity contribution in [2.45, 2.75) is 18.9 Å². The zero-order chi connectivity index (χ0) is 13.5. The summed E-state index contributed by atoms with van der Waals surface area (Å²) in [5.41, 5.74) is 0. The van der Waals surface area contributed by atoms with Gasteiger partial charge in [0.25, 0.3) is 5.91 Å². The number of aromatic nitrogens is 1. The third-order valence-corrected chi connectivity index (χ3v) is 5.60. The van der Waals surface area contributed by atoms with Crippen LogP contribution in [0.15, 0.2) is 24.5 Å². The van der Waals surface area contributed by atoms with Gasteiger partial charge in [0, 0.05) is 25.0 Å². The molecule has 2 bridgehead atoms. The van der Waals surface area contributed by atoms with Crippen molar-refractivity contribution in [3.05, 3.63) is 29.4 Å². The van der Waals surface area contributed by atoms with Crippen molar-refractivity contribution >= 4 is 27.3 Å². The molecule has 0 spiro atoms. The van der Waals surface area contributed by atoms with Crippen LogP contribution in [-0.2, 0) is 0 Å². The molecule has 1 atom stereocenters. The maximum Gasteiger partial charge on any atom is 0.261 e. The van der Waals surface area contributed by atoms with E-state index in [1.165, 1.54) is 37.3 Å². The first kappa shape index (κ1) is 12.3. The van der Waals surface area contributed by atoms with Crippen molar-refractivity contribution < 1.29 is 4.79 Å². The fourth-order valence-corrected chi connectivity index (χ4v) is 4.30. The van der Waals surface area contributed by atoms with Crippen LogP contribution in [0.2, 0.25) is 0 Å². The minimum Gasteiger partial charge on any atom is -0.347 e. The van der Waals surface area contributed by atoms with E-state index in [-0.39, 0.29) is 5.91 Å². The smallest absolute Gasteiger partial charge is 0.261 e. The zero-order valence-corrected chi connectivity index (χ0v) is 12.0. The predicted molar refractivity (Wildman–Crippen MR) is 80.0 cm³/mol. The van der Waals surface area contributed by atoms with E-state index in [2.05, 4.69) is 15.2 Å². The SMILES string of the molecule is O=C(N[C@H]1CN2CCC1CC2)c1cc2ccncc2s1. The summed E-state index contributed by atoms with van der Waals surface area (Å²) in [4.78, 5) is 19.8. The van der Waals surface area contributed by atoms with Gasteiger partial charge in [-0.15, -0.1) is 11.3 Å². The second-order valence-electron chi connectivity index (χ2n) is 5.74. The van der Waals surface area contributed by atoms with Gasteiger partial charge in [-0.25, -0.2) is 0 Å². The third kappa shape index (κ3) is 2.11. The molecule has 20 heavy (non-hydrogen) atoms. The normalized spacial score (nSPS) is 28.7. The third-order valence-electron chi connectivity index (χ3n) is 4.52. The molecule has 2 aromatic heterocycles. The summed E-state index contributed by atoms with van der Waals surface area (Å²) in [5.74, 6) is 0.741. The van der Waals surface area contributed by atoms with E-state index in [0.29, 0.717) is 12.0 Å². The fourth-order valence-electron chi connectivity index (χ4n) is 3.36. The van der Waals surface area contributed by atoms with Crippen molar-refractivity contribution in [3.63, 3.8) is 0 Å². The van der Waals surface area contributed by atoms with Crippen molar-refractivity contribution in [1.29, 1.82) is 0 Å². The number of nitrogens with zero attached hydrogens (tertiary/aromatic N) is 2. The lowest BCUT2D eigenvalue weighted by atomic mass is 9.84. The maximum atomic E-state index is 12.4. The number of nitrogens with one attached hydrogen (secondary N) is 1. The monoisotopic (exact) mass is 287 g/mol. The van der Waals surface area contributed by atoms with Gasteiger partial charge in [-0.3, -0.25) is 9.78 Å². The topological polar surface area (TPSA) is 45.2 Å². The van der Waals surface area contributed by atoms with Gasteiger partial charge in [0.2, 0.25) is 0 Å². The summed E-state index contributed by atoms with van der Waals surface area (Å²) in [6.45, 7) is 3.42. The lowest BCUT2D eigenvalue weighted by Crippen LogP contribution is -2.57. The molecular weight excluding hydrogens is 270 g/mol. The molecule has 0 radical (unpaired) electrons. The highest BCUT2D eigenvalue weighted by atomic mass is 32.1. The van der Waals surface area contributed by atoms with Crippen LogP contribution in [0.4, 0.5) is 0 Å². The van der Waals surface area contributed by atoms with E-state index in [1.807, 2.05) is 18.3 Å². The van der Waals surface area contributed by atoms with E-state index in [9.17, 15) is 4.79 Å². The quantitative estimate of drug-likeness (QED) is 0.920. The molecule has 0 unspecified atom stereocenters. The van der Waals surface area contributed by atoms with E-state index < -0.39 is 0 Å². The Bertz CT molecular complexity index is 612. The number of hydrogen-bond donors (Lipinski definition) is 1. The fraction of sp³-hybridized carbons (Fsp3) is 0.467. The second kappa shape index (κ2) is 4.82. The van der Waals surface area contributed by atoms with Gasteiger partial charge in [0.15, 0.2) is 0 Å². The Morgan fingerprint density at radius 3 is 2.95 bits per heavy atom. The van der Waals surface area contributed by atoms with Crippen LogP contribution >= 0.6 is 11.3 Å². The largest absolute Gasteiger partial charge is 0.347 e. The number of pyridine rings is 1. The Morgan fingerprint density at radius 1 is 1.40 bits per heavy atom. The number of rotatable bonds is 2. The van der Waals surface area contributed by atoms with Crippen molar-refractivity contribution in [3.8, 4) is 0 Å². The average Bonchev–Trinajstić information content (AvgIpc) is 2.92. The molecule has 0 aliphatic carbocycles. The lowest BCUT2D eigenvalue weighted by Gasteiger charge is -2.44. The van der Waals surface area contributed by atoms with Crippen LogP contribution in [-0.4, -0.2) is 41.5 Å².